The lowest BCUT2D eigenvalue weighted by molar-refractivity contribution is 0.0466. The van der Waals surface area contributed by atoms with Gasteiger partial charge in [-0.1, -0.05) is 20.3 Å². The molecule has 3 rings (SSSR count). The smallest absolute Gasteiger partial charge is 0.0263 e. The van der Waals surface area contributed by atoms with Crippen molar-refractivity contribution in [1.29, 1.82) is 0 Å². The van der Waals surface area contributed by atoms with Gasteiger partial charge in [0.1, 0.15) is 0 Å². The van der Waals surface area contributed by atoms with E-state index in [-0.39, 0.29) is 0 Å². The summed E-state index contributed by atoms with van der Waals surface area (Å²) in [6.45, 7) is 4.90. The number of hydrogen-bond acceptors (Lipinski definition) is 0. The van der Waals surface area contributed by atoms with Gasteiger partial charge in [-0.3, -0.25) is 0 Å². The summed E-state index contributed by atoms with van der Waals surface area (Å²) in [5.74, 6) is 4.62. The molecular weight excluding hydrogens is 132 g/mol. The zero-order valence-corrected chi connectivity index (χ0v) is 7.64. The van der Waals surface area contributed by atoms with Gasteiger partial charge in [0.15, 0.2) is 0 Å². The molecule has 0 nitrogen and oxygen atoms in total. The molecule has 3 saturated carbocycles. The van der Waals surface area contributed by atoms with Crippen LogP contribution in [0.4, 0.5) is 0 Å². The summed E-state index contributed by atoms with van der Waals surface area (Å²) in [5, 5.41) is 0. The fraction of sp³-hybridized carbons (Fsp3) is 1.00. The molecule has 0 N–H and O–H groups in total. The van der Waals surface area contributed by atoms with Crippen LogP contribution in [-0.2, 0) is 0 Å². The van der Waals surface area contributed by atoms with E-state index in [1.165, 1.54) is 12.3 Å². The molecule has 5 unspecified atom stereocenters. The third-order valence-corrected chi connectivity index (χ3v) is 5.07. The van der Waals surface area contributed by atoms with Gasteiger partial charge < -0.3 is 0 Å². The van der Waals surface area contributed by atoms with Crippen LogP contribution in [0.5, 0.6) is 0 Å². The standard InChI is InChI=1S/C11H18/c1-3-7-4-10-9(7)5-8-6-11(8,10)2/h7-10H,3-6H2,1-2H3. The summed E-state index contributed by atoms with van der Waals surface area (Å²) in [6.07, 6.45) is 6.20. The van der Waals surface area contributed by atoms with Gasteiger partial charge in [0.2, 0.25) is 0 Å². The molecule has 5 atom stereocenters. The Kier molecular flexibility index (Phi) is 0.990. The minimum absolute atomic E-state index is 0.857. The lowest BCUT2D eigenvalue weighted by atomic mass is 9.61. The van der Waals surface area contributed by atoms with E-state index in [0.717, 1.165) is 23.2 Å². The molecule has 3 fully saturated rings. The van der Waals surface area contributed by atoms with Crippen molar-refractivity contribution < 1.29 is 0 Å². The fourth-order valence-electron chi connectivity index (χ4n) is 4.00. The van der Waals surface area contributed by atoms with E-state index in [1.54, 1.807) is 19.3 Å². The van der Waals surface area contributed by atoms with Crippen LogP contribution >= 0.6 is 0 Å². The Balaban J connectivity index is 1.79. The third-order valence-electron chi connectivity index (χ3n) is 5.07. The molecule has 62 valence electrons. The largest absolute Gasteiger partial charge is 0.0651 e. The maximum atomic E-state index is 2.54. The second kappa shape index (κ2) is 1.67. The van der Waals surface area contributed by atoms with Gasteiger partial charge in [-0.2, -0.15) is 0 Å². The van der Waals surface area contributed by atoms with Crippen molar-refractivity contribution in [2.75, 3.05) is 0 Å². The monoisotopic (exact) mass is 150 g/mol. The number of fused-ring (bicyclic) bond motifs is 3. The van der Waals surface area contributed by atoms with Crippen molar-refractivity contribution in [1.82, 2.24) is 0 Å². The van der Waals surface area contributed by atoms with Gasteiger partial charge in [0.05, 0.1) is 0 Å². The van der Waals surface area contributed by atoms with Gasteiger partial charge in [0, 0.05) is 0 Å². The van der Waals surface area contributed by atoms with E-state index in [4.69, 9.17) is 0 Å². The Hall–Kier alpha value is 0. The van der Waals surface area contributed by atoms with Gasteiger partial charge >= 0.3 is 0 Å². The van der Waals surface area contributed by atoms with E-state index in [9.17, 15) is 0 Å². The van der Waals surface area contributed by atoms with Crippen molar-refractivity contribution in [3.8, 4) is 0 Å². The highest BCUT2D eigenvalue weighted by Crippen LogP contribution is 2.75. The molecule has 0 aromatic heterocycles. The maximum absolute atomic E-state index is 2.54. The second-order valence-electron chi connectivity index (χ2n) is 5.32. The van der Waals surface area contributed by atoms with Crippen LogP contribution in [0.2, 0.25) is 0 Å². The van der Waals surface area contributed by atoms with E-state index in [1.807, 2.05) is 0 Å². The topological polar surface area (TPSA) is 0 Å². The first-order valence-corrected chi connectivity index (χ1v) is 5.25. The van der Waals surface area contributed by atoms with Crippen LogP contribution in [0.15, 0.2) is 0 Å². The minimum atomic E-state index is 0.857. The molecule has 0 aliphatic heterocycles. The Morgan fingerprint density at radius 1 is 1.36 bits per heavy atom. The Labute approximate surface area is 69.4 Å². The van der Waals surface area contributed by atoms with Crippen LogP contribution in [-0.4, -0.2) is 0 Å². The molecule has 0 bridgehead atoms. The second-order valence-corrected chi connectivity index (χ2v) is 5.32. The van der Waals surface area contributed by atoms with Crippen LogP contribution in [0.25, 0.3) is 0 Å². The van der Waals surface area contributed by atoms with Gasteiger partial charge in [0.25, 0.3) is 0 Å². The summed E-state index contributed by atoms with van der Waals surface area (Å²) >= 11 is 0. The molecule has 0 aromatic rings. The summed E-state index contributed by atoms with van der Waals surface area (Å²) in [5.41, 5.74) is 0.857. The quantitative estimate of drug-likeness (QED) is 0.539. The average molecular weight is 150 g/mol. The zero-order valence-electron chi connectivity index (χ0n) is 7.64. The van der Waals surface area contributed by atoms with Crippen molar-refractivity contribution in [2.24, 2.45) is 29.1 Å². The number of rotatable bonds is 1. The lowest BCUT2D eigenvalue weighted by Crippen LogP contribution is -2.37. The summed E-state index contributed by atoms with van der Waals surface area (Å²) < 4.78 is 0. The predicted octanol–water partition coefficient (Wildman–Crippen LogP) is 3.08. The molecule has 0 saturated heterocycles. The van der Waals surface area contributed by atoms with Crippen LogP contribution in [0, 0.1) is 29.1 Å². The lowest BCUT2D eigenvalue weighted by Gasteiger charge is -2.44. The Morgan fingerprint density at radius 3 is 2.82 bits per heavy atom. The van der Waals surface area contributed by atoms with Gasteiger partial charge in [-0.25, -0.2) is 0 Å². The van der Waals surface area contributed by atoms with Crippen molar-refractivity contribution in [3.63, 3.8) is 0 Å². The van der Waals surface area contributed by atoms with Crippen LogP contribution in [0.3, 0.4) is 0 Å². The molecule has 11 heavy (non-hydrogen) atoms. The maximum Gasteiger partial charge on any atom is -0.0263 e. The molecule has 0 heterocycles. The molecule has 0 radical (unpaired) electrons. The van der Waals surface area contributed by atoms with Gasteiger partial charge in [-0.05, 0) is 48.3 Å². The molecular formula is C11H18. The molecule has 0 spiro atoms. The normalized spacial score (nSPS) is 64.9. The third kappa shape index (κ3) is 0.588. The summed E-state index contributed by atoms with van der Waals surface area (Å²) in [6, 6.07) is 0. The summed E-state index contributed by atoms with van der Waals surface area (Å²) in [7, 11) is 0. The Morgan fingerprint density at radius 2 is 2.18 bits per heavy atom. The highest BCUT2D eigenvalue weighted by molar-refractivity contribution is 5.16. The van der Waals surface area contributed by atoms with Crippen molar-refractivity contribution in [2.45, 2.75) is 39.5 Å². The molecule has 3 aliphatic carbocycles. The molecule has 0 amide bonds. The van der Waals surface area contributed by atoms with Crippen molar-refractivity contribution in [3.05, 3.63) is 0 Å². The highest BCUT2D eigenvalue weighted by Gasteiger charge is 2.67. The predicted molar refractivity (Wildman–Crippen MR) is 46.2 cm³/mol. The number of hydrogen-bond donors (Lipinski definition) is 0. The molecule has 0 heteroatoms. The van der Waals surface area contributed by atoms with Crippen LogP contribution in [0.1, 0.15) is 39.5 Å². The molecule has 0 aromatic carbocycles. The van der Waals surface area contributed by atoms with Crippen molar-refractivity contribution >= 4 is 0 Å². The SMILES string of the molecule is CCC1CC2C1CC1CC12C. The minimum Gasteiger partial charge on any atom is -0.0651 e. The first-order chi connectivity index (χ1) is 5.25. The Bertz CT molecular complexity index is 196. The van der Waals surface area contributed by atoms with E-state index in [0.29, 0.717) is 0 Å². The van der Waals surface area contributed by atoms with E-state index < -0.39 is 0 Å². The van der Waals surface area contributed by atoms with E-state index in [2.05, 4.69) is 13.8 Å². The summed E-state index contributed by atoms with van der Waals surface area (Å²) in [4.78, 5) is 0. The fourth-order valence-corrected chi connectivity index (χ4v) is 4.00. The van der Waals surface area contributed by atoms with E-state index >= 15 is 0 Å². The highest BCUT2D eigenvalue weighted by atomic mass is 14.7. The zero-order chi connectivity index (χ0) is 7.64. The average Bonchev–Trinajstić information content (AvgIpc) is 2.51. The molecule has 3 aliphatic rings. The first kappa shape index (κ1) is 6.51. The first-order valence-electron chi connectivity index (χ1n) is 5.25. The van der Waals surface area contributed by atoms with Crippen LogP contribution < -0.4 is 0 Å². The van der Waals surface area contributed by atoms with Gasteiger partial charge in [-0.15, -0.1) is 0 Å².